The van der Waals surface area contributed by atoms with Gasteiger partial charge in [0.15, 0.2) is 6.61 Å². The molecule has 1 saturated carbocycles. The van der Waals surface area contributed by atoms with Crippen molar-refractivity contribution in [3.63, 3.8) is 0 Å². The smallest absolute Gasteiger partial charge is 0.422 e. The van der Waals surface area contributed by atoms with Crippen LogP contribution in [0.2, 0.25) is 5.02 Å². The second kappa shape index (κ2) is 11.3. The highest BCUT2D eigenvalue weighted by Crippen LogP contribution is 2.48. The Morgan fingerprint density at radius 1 is 1.05 bits per heavy atom. The zero-order valence-corrected chi connectivity index (χ0v) is 20.9. The molecule has 3 aromatic rings. The molecular formula is C24H23ClF3N7O4. The van der Waals surface area contributed by atoms with Crippen LogP contribution in [-0.4, -0.2) is 57.3 Å². The van der Waals surface area contributed by atoms with Crippen LogP contribution in [0, 0.1) is 0 Å². The number of carbonyl (C=O) groups is 2. The Balaban J connectivity index is 1.53. The van der Waals surface area contributed by atoms with Crippen molar-refractivity contribution < 1.29 is 32.6 Å². The van der Waals surface area contributed by atoms with Crippen LogP contribution in [0.15, 0.2) is 48.5 Å². The molecule has 1 atom stereocenters. The number of benzene rings is 2. The highest BCUT2D eigenvalue weighted by atomic mass is 35.5. The van der Waals surface area contributed by atoms with Gasteiger partial charge in [0, 0.05) is 22.8 Å². The van der Waals surface area contributed by atoms with Crippen molar-refractivity contribution in [3.8, 4) is 6.01 Å². The fraction of sp³-hybridized carbons (Fsp3) is 0.292. The quantitative estimate of drug-likeness (QED) is 0.232. The maximum atomic E-state index is 12.8. The minimum absolute atomic E-state index is 0.00498. The van der Waals surface area contributed by atoms with Crippen LogP contribution in [0.4, 0.5) is 30.8 Å². The monoisotopic (exact) mass is 565 g/mol. The number of nitrogens with one attached hydrogen (secondary N) is 3. The van der Waals surface area contributed by atoms with Crippen molar-refractivity contribution in [2.45, 2.75) is 30.6 Å². The van der Waals surface area contributed by atoms with E-state index in [1.807, 2.05) is 12.1 Å². The van der Waals surface area contributed by atoms with Crippen LogP contribution in [0.25, 0.3) is 0 Å². The second-order valence-corrected chi connectivity index (χ2v) is 9.12. The van der Waals surface area contributed by atoms with Gasteiger partial charge >= 0.3 is 18.2 Å². The first-order valence-corrected chi connectivity index (χ1v) is 11.9. The zero-order chi connectivity index (χ0) is 28.2. The molecule has 206 valence electrons. The minimum Gasteiger partial charge on any atom is -0.480 e. The predicted octanol–water partition coefficient (Wildman–Crippen LogP) is 3.45. The number of alkyl halides is 3. The fourth-order valence-corrected chi connectivity index (χ4v) is 3.70. The first-order chi connectivity index (χ1) is 18.5. The Morgan fingerprint density at radius 3 is 2.26 bits per heavy atom. The molecule has 6 N–H and O–H groups in total. The van der Waals surface area contributed by atoms with E-state index in [0.717, 1.165) is 18.4 Å². The molecule has 1 aromatic heterocycles. The van der Waals surface area contributed by atoms with Crippen LogP contribution in [0.3, 0.4) is 0 Å². The van der Waals surface area contributed by atoms with Crippen molar-refractivity contribution in [1.82, 2.24) is 20.3 Å². The molecule has 1 fully saturated rings. The molecule has 1 amide bonds. The van der Waals surface area contributed by atoms with Gasteiger partial charge in [0.25, 0.3) is 5.91 Å². The van der Waals surface area contributed by atoms with E-state index in [1.165, 1.54) is 24.3 Å². The lowest BCUT2D eigenvalue weighted by Gasteiger charge is -2.19. The number of ether oxygens (including phenoxy) is 1. The van der Waals surface area contributed by atoms with E-state index in [4.69, 9.17) is 27.2 Å². The molecule has 0 bridgehead atoms. The predicted molar refractivity (Wildman–Crippen MR) is 135 cm³/mol. The number of halogens is 4. The average molecular weight is 566 g/mol. The Morgan fingerprint density at radius 2 is 1.69 bits per heavy atom. The summed E-state index contributed by atoms with van der Waals surface area (Å²) in [7, 11) is 0. The van der Waals surface area contributed by atoms with Crippen molar-refractivity contribution >= 4 is 41.1 Å². The standard InChI is InChI=1S/C24H23ClF3N7O4/c25-15-5-3-14(4-6-15)23(9-10-23)35-21-32-20(33-22(34-21)39-12-24(26,27)28)30-16-7-1-13(2-8-16)18(36)31-17(11-29)19(37)38/h1-8,17H,9-12,29H2,(H,31,36)(H,37,38)(H2,30,32,33,34,35). The summed E-state index contributed by atoms with van der Waals surface area (Å²) in [6.45, 7) is -1.88. The van der Waals surface area contributed by atoms with E-state index in [9.17, 15) is 22.8 Å². The Labute approximate surface area is 225 Å². The highest BCUT2D eigenvalue weighted by molar-refractivity contribution is 6.30. The number of nitrogens with zero attached hydrogens (tertiary/aromatic N) is 3. The molecule has 0 aliphatic heterocycles. The average Bonchev–Trinajstić information content (AvgIpc) is 3.66. The molecule has 1 aliphatic carbocycles. The summed E-state index contributed by atoms with van der Waals surface area (Å²) < 4.78 is 43.1. The number of hydrogen-bond donors (Lipinski definition) is 5. The Bertz CT molecular complexity index is 1340. The molecule has 1 unspecified atom stereocenters. The molecule has 0 spiro atoms. The number of anilines is 3. The second-order valence-electron chi connectivity index (χ2n) is 8.69. The van der Waals surface area contributed by atoms with Gasteiger partial charge in [0.05, 0.1) is 5.54 Å². The number of amides is 1. The summed E-state index contributed by atoms with van der Waals surface area (Å²) in [4.78, 5) is 35.6. The van der Waals surface area contributed by atoms with E-state index in [-0.39, 0.29) is 24.0 Å². The van der Waals surface area contributed by atoms with Crippen LogP contribution >= 0.6 is 11.6 Å². The molecule has 15 heteroatoms. The van der Waals surface area contributed by atoms with Crippen molar-refractivity contribution in [1.29, 1.82) is 0 Å². The lowest BCUT2D eigenvalue weighted by molar-refractivity contribution is -0.154. The number of aromatic nitrogens is 3. The minimum atomic E-state index is -4.60. The lowest BCUT2D eigenvalue weighted by Crippen LogP contribution is -2.45. The summed E-state index contributed by atoms with van der Waals surface area (Å²) in [5, 5.41) is 17.9. The molecule has 2 aromatic carbocycles. The largest absolute Gasteiger partial charge is 0.480 e. The molecule has 11 nitrogen and oxygen atoms in total. The molecule has 1 heterocycles. The van der Waals surface area contributed by atoms with Gasteiger partial charge in [-0.05, 0) is 54.8 Å². The molecule has 1 aliphatic rings. The number of aliphatic carboxylic acids is 1. The van der Waals surface area contributed by atoms with Gasteiger partial charge in [-0.15, -0.1) is 0 Å². The first-order valence-electron chi connectivity index (χ1n) is 11.6. The zero-order valence-electron chi connectivity index (χ0n) is 20.1. The van der Waals surface area contributed by atoms with Gasteiger partial charge in [-0.1, -0.05) is 23.7 Å². The molecule has 0 radical (unpaired) electrons. The molecular weight excluding hydrogens is 543 g/mol. The lowest BCUT2D eigenvalue weighted by atomic mass is 10.1. The van der Waals surface area contributed by atoms with E-state index < -0.39 is 42.3 Å². The van der Waals surface area contributed by atoms with Crippen molar-refractivity contribution in [2.75, 3.05) is 23.8 Å². The van der Waals surface area contributed by atoms with Crippen LogP contribution in [0.5, 0.6) is 6.01 Å². The first kappa shape index (κ1) is 27.9. The Kier molecular flexibility index (Phi) is 8.06. The van der Waals surface area contributed by atoms with E-state index in [0.29, 0.717) is 10.7 Å². The number of carbonyl (C=O) groups excluding carboxylic acids is 1. The van der Waals surface area contributed by atoms with E-state index in [1.54, 1.807) is 12.1 Å². The topological polar surface area (TPSA) is 164 Å². The third-order valence-electron chi connectivity index (χ3n) is 5.72. The summed E-state index contributed by atoms with van der Waals surface area (Å²) in [6.07, 6.45) is -3.13. The highest BCUT2D eigenvalue weighted by Gasteiger charge is 2.45. The summed E-state index contributed by atoms with van der Waals surface area (Å²) in [6, 6.07) is 11.1. The summed E-state index contributed by atoms with van der Waals surface area (Å²) >= 11 is 5.98. The molecule has 39 heavy (non-hydrogen) atoms. The van der Waals surface area contributed by atoms with Gasteiger partial charge in [-0.3, -0.25) is 4.79 Å². The number of carboxylic acids is 1. The van der Waals surface area contributed by atoms with Crippen molar-refractivity contribution in [2.24, 2.45) is 5.73 Å². The SMILES string of the molecule is NCC(NC(=O)c1ccc(Nc2nc(NC3(c4ccc(Cl)cc4)CC3)nc(OCC(F)(F)F)n2)cc1)C(=O)O. The van der Waals surface area contributed by atoms with Crippen LogP contribution in [-0.2, 0) is 10.3 Å². The van der Waals surface area contributed by atoms with Crippen LogP contribution < -0.4 is 26.4 Å². The number of hydrogen-bond acceptors (Lipinski definition) is 9. The third kappa shape index (κ3) is 7.45. The van der Waals surface area contributed by atoms with Crippen molar-refractivity contribution in [3.05, 3.63) is 64.7 Å². The summed E-state index contributed by atoms with van der Waals surface area (Å²) in [5.74, 6) is -2.03. The number of nitrogens with two attached hydrogens (primary N) is 1. The summed E-state index contributed by atoms with van der Waals surface area (Å²) in [5.41, 5.74) is 6.29. The van der Waals surface area contributed by atoms with E-state index >= 15 is 0 Å². The maximum absolute atomic E-state index is 12.8. The Hall–Kier alpha value is -4.17. The van der Waals surface area contributed by atoms with Gasteiger partial charge < -0.3 is 31.5 Å². The van der Waals surface area contributed by atoms with Gasteiger partial charge in [0.1, 0.15) is 6.04 Å². The van der Waals surface area contributed by atoms with Crippen LogP contribution in [0.1, 0.15) is 28.8 Å². The normalized spacial score (nSPS) is 14.7. The molecule has 0 saturated heterocycles. The van der Waals surface area contributed by atoms with Gasteiger partial charge in [-0.25, -0.2) is 4.79 Å². The molecule has 4 rings (SSSR count). The number of rotatable bonds is 11. The van der Waals surface area contributed by atoms with Gasteiger partial charge in [-0.2, -0.15) is 28.1 Å². The maximum Gasteiger partial charge on any atom is 0.422 e. The van der Waals surface area contributed by atoms with Gasteiger partial charge in [0.2, 0.25) is 11.9 Å². The fourth-order valence-electron chi connectivity index (χ4n) is 3.57. The third-order valence-corrected chi connectivity index (χ3v) is 5.97. The van der Waals surface area contributed by atoms with E-state index in [2.05, 4.69) is 30.9 Å². The number of carboxylic acid groups (broad SMARTS) is 1.